The second kappa shape index (κ2) is 6.24. The van der Waals surface area contributed by atoms with Gasteiger partial charge in [0.25, 0.3) is 0 Å². The van der Waals surface area contributed by atoms with Crippen molar-refractivity contribution in [3.05, 3.63) is 35.4 Å². The number of benzene rings is 1. The van der Waals surface area contributed by atoms with Crippen LogP contribution in [0.5, 0.6) is 0 Å². The van der Waals surface area contributed by atoms with E-state index in [1.807, 2.05) is 0 Å². The zero-order chi connectivity index (χ0) is 10.7. The van der Waals surface area contributed by atoms with Crippen molar-refractivity contribution >= 4 is 12.4 Å². The molecule has 1 saturated heterocycles. The normalized spacial score (nSPS) is 20.8. The monoisotopic (exact) mass is 240 g/mol. The molecule has 1 aliphatic heterocycles. The molecule has 0 amide bonds. The first-order valence-electron chi connectivity index (χ1n) is 5.77. The van der Waals surface area contributed by atoms with Crippen LogP contribution in [0.25, 0.3) is 0 Å². The Morgan fingerprint density at radius 3 is 2.56 bits per heavy atom. The van der Waals surface area contributed by atoms with Crippen molar-refractivity contribution in [1.29, 1.82) is 0 Å². The van der Waals surface area contributed by atoms with Crippen LogP contribution in [0.4, 0.5) is 0 Å². The lowest BCUT2D eigenvalue weighted by Gasteiger charge is -2.14. The summed E-state index contributed by atoms with van der Waals surface area (Å²) in [7, 11) is 0. The molecular formula is C13H21ClN2. The molecule has 0 aromatic heterocycles. The molecule has 1 heterocycles. The first-order chi connectivity index (χ1) is 7.24. The Bertz CT molecular complexity index is 310. The Morgan fingerprint density at radius 1 is 1.31 bits per heavy atom. The maximum absolute atomic E-state index is 5.87. The van der Waals surface area contributed by atoms with Crippen molar-refractivity contribution in [3.8, 4) is 0 Å². The Kier molecular flexibility index (Phi) is 5.26. The summed E-state index contributed by atoms with van der Waals surface area (Å²) < 4.78 is 0. The lowest BCUT2D eigenvalue weighted by atomic mass is 10.1. The highest BCUT2D eigenvalue weighted by molar-refractivity contribution is 5.85. The molecule has 1 atom stereocenters. The van der Waals surface area contributed by atoms with Crippen LogP contribution in [0.15, 0.2) is 24.3 Å². The second-order valence-electron chi connectivity index (χ2n) is 4.58. The van der Waals surface area contributed by atoms with Gasteiger partial charge in [-0.25, -0.2) is 0 Å². The third kappa shape index (κ3) is 3.78. The number of halogens is 1. The molecule has 3 heteroatoms. The summed E-state index contributed by atoms with van der Waals surface area (Å²) in [6.45, 7) is 5.53. The van der Waals surface area contributed by atoms with Crippen LogP contribution in [-0.2, 0) is 6.42 Å². The number of aryl methyl sites for hydroxylation is 1. The van der Waals surface area contributed by atoms with E-state index in [0.717, 1.165) is 25.9 Å². The molecule has 0 bridgehead atoms. The van der Waals surface area contributed by atoms with Gasteiger partial charge in [0.15, 0.2) is 0 Å². The molecule has 0 spiro atoms. The minimum absolute atomic E-state index is 0. The minimum atomic E-state index is 0. The van der Waals surface area contributed by atoms with E-state index in [0.29, 0.717) is 6.04 Å². The van der Waals surface area contributed by atoms with Gasteiger partial charge in [0.1, 0.15) is 0 Å². The first-order valence-corrected chi connectivity index (χ1v) is 5.77. The van der Waals surface area contributed by atoms with E-state index >= 15 is 0 Å². The molecule has 1 aromatic rings. The maximum Gasteiger partial charge on any atom is 0.0180 e. The topological polar surface area (TPSA) is 29.3 Å². The quantitative estimate of drug-likeness (QED) is 0.876. The molecule has 0 aliphatic carbocycles. The van der Waals surface area contributed by atoms with Crippen LogP contribution in [0.1, 0.15) is 17.5 Å². The Labute approximate surface area is 104 Å². The van der Waals surface area contributed by atoms with Gasteiger partial charge < -0.3 is 10.6 Å². The first kappa shape index (κ1) is 13.5. The number of hydrogen-bond donors (Lipinski definition) is 1. The second-order valence-corrected chi connectivity index (χ2v) is 4.58. The van der Waals surface area contributed by atoms with Crippen LogP contribution in [0, 0.1) is 6.92 Å². The number of nitrogens with two attached hydrogens (primary N) is 1. The van der Waals surface area contributed by atoms with Crippen molar-refractivity contribution in [2.24, 2.45) is 5.73 Å². The third-order valence-corrected chi connectivity index (χ3v) is 3.15. The SMILES string of the molecule is Cc1ccc(CCN2CC[C@@H](N)C2)cc1.Cl. The van der Waals surface area contributed by atoms with E-state index in [1.54, 1.807) is 0 Å². The molecule has 1 fully saturated rings. The number of nitrogens with zero attached hydrogens (tertiary/aromatic N) is 1. The molecule has 2 N–H and O–H groups in total. The molecule has 1 aromatic carbocycles. The molecule has 2 rings (SSSR count). The van der Waals surface area contributed by atoms with Crippen molar-refractivity contribution in [1.82, 2.24) is 4.90 Å². The molecular weight excluding hydrogens is 220 g/mol. The predicted octanol–water partition coefficient (Wildman–Crippen LogP) is 1.99. The van der Waals surface area contributed by atoms with Gasteiger partial charge in [-0.15, -0.1) is 12.4 Å². The summed E-state index contributed by atoms with van der Waals surface area (Å²) in [5.74, 6) is 0. The van der Waals surface area contributed by atoms with E-state index in [9.17, 15) is 0 Å². The molecule has 0 unspecified atom stereocenters. The van der Waals surface area contributed by atoms with E-state index in [2.05, 4.69) is 36.1 Å². The lowest BCUT2D eigenvalue weighted by molar-refractivity contribution is 0.339. The van der Waals surface area contributed by atoms with E-state index in [1.165, 1.54) is 17.7 Å². The van der Waals surface area contributed by atoms with Crippen molar-refractivity contribution in [3.63, 3.8) is 0 Å². The fraction of sp³-hybridized carbons (Fsp3) is 0.538. The summed E-state index contributed by atoms with van der Waals surface area (Å²) in [4.78, 5) is 2.46. The largest absolute Gasteiger partial charge is 0.326 e. The van der Waals surface area contributed by atoms with Gasteiger partial charge in [0.2, 0.25) is 0 Å². The summed E-state index contributed by atoms with van der Waals surface area (Å²) >= 11 is 0. The van der Waals surface area contributed by atoms with Crippen molar-refractivity contribution in [2.75, 3.05) is 19.6 Å². The van der Waals surface area contributed by atoms with Crippen LogP contribution in [0.2, 0.25) is 0 Å². The fourth-order valence-corrected chi connectivity index (χ4v) is 2.11. The zero-order valence-corrected chi connectivity index (χ0v) is 10.7. The molecule has 90 valence electrons. The average molecular weight is 241 g/mol. The minimum Gasteiger partial charge on any atom is -0.326 e. The number of likely N-dealkylation sites (tertiary alicyclic amines) is 1. The van der Waals surface area contributed by atoms with Crippen LogP contribution >= 0.6 is 12.4 Å². The van der Waals surface area contributed by atoms with Gasteiger partial charge in [-0.2, -0.15) is 0 Å². The molecule has 0 saturated carbocycles. The Balaban J connectivity index is 0.00000128. The van der Waals surface area contributed by atoms with Gasteiger partial charge in [-0.05, 0) is 31.9 Å². The summed E-state index contributed by atoms with van der Waals surface area (Å²) in [6.07, 6.45) is 2.31. The van der Waals surface area contributed by atoms with Gasteiger partial charge in [-0.1, -0.05) is 29.8 Å². The number of rotatable bonds is 3. The van der Waals surface area contributed by atoms with E-state index in [-0.39, 0.29) is 12.4 Å². The van der Waals surface area contributed by atoms with Crippen LogP contribution in [0.3, 0.4) is 0 Å². The van der Waals surface area contributed by atoms with E-state index < -0.39 is 0 Å². The van der Waals surface area contributed by atoms with Crippen molar-refractivity contribution < 1.29 is 0 Å². The summed E-state index contributed by atoms with van der Waals surface area (Å²) in [5.41, 5.74) is 8.64. The smallest absolute Gasteiger partial charge is 0.0180 e. The summed E-state index contributed by atoms with van der Waals surface area (Å²) in [6, 6.07) is 9.23. The zero-order valence-electron chi connectivity index (χ0n) is 9.86. The van der Waals surface area contributed by atoms with E-state index in [4.69, 9.17) is 5.73 Å². The number of hydrogen-bond acceptors (Lipinski definition) is 2. The van der Waals surface area contributed by atoms with Gasteiger partial charge in [-0.3, -0.25) is 0 Å². The molecule has 1 aliphatic rings. The van der Waals surface area contributed by atoms with Gasteiger partial charge in [0.05, 0.1) is 0 Å². The van der Waals surface area contributed by atoms with Crippen molar-refractivity contribution in [2.45, 2.75) is 25.8 Å². The molecule has 2 nitrogen and oxygen atoms in total. The third-order valence-electron chi connectivity index (χ3n) is 3.15. The fourth-order valence-electron chi connectivity index (χ4n) is 2.11. The molecule has 0 radical (unpaired) electrons. The molecule has 16 heavy (non-hydrogen) atoms. The van der Waals surface area contributed by atoms with Crippen LogP contribution in [-0.4, -0.2) is 30.6 Å². The highest BCUT2D eigenvalue weighted by atomic mass is 35.5. The standard InChI is InChI=1S/C13H20N2.ClH/c1-11-2-4-12(5-3-11)6-8-15-9-7-13(14)10-15;/h2-5,13H,6-10,14H2,1H3;1H/t13-;/m1./s1. The summed E-state index contributed by atoms with van der Waals surface area (Å²) in [5, 5.41) is 0. The Hall–Kier alpha value is -0.570. The maximum atomic E-state index is 5.87. The van der Waals surface area contributed by atoms with Crippen LogP contribution < -0.4 is 5.73 Å². The average Bonchev–Trinajstić information content (AvgIpc) is 2.64. The highest BCUT2D eigenvalue weighted by Crippen LogP contribution is 2.09. The van der Waals surface area contributed by atoms with Gasteiger partial charge in [0, 0.05) is 19.1 Å². The Morgan fingerprint density at radius 2 is 2.00 bits per heavy atom. The lowest BCUT2D eigenvalue weighted by Crippen LogP contribution is -2.28. The predicted molar refractivity (Wildman–Crippen MR) is 71.2 cm³/mol. The van der Waals surface area contributed by atoms with Gasteiger partial charge >= 0.3 is 0 Å². The highest BCUT2D eigenvalue weighted by Gasteiger charge is 2.17.